The van der Waals surface area contributed by atoms with Gasteiger partial charge in [0.1, 0.15) is 0 Å². The Balaban J connectivity index is 1.94. The molecule has 0 unspecified atom stereocenters. The Morgan fingerprint density at radius 1 is 1.47 bits per heavy atom. The average molecular weight is 235 g/mol. The number of carbonyl (C=O) groups is 1. The maximum absolute atomic E-state index is 11.0. The molecule has 1 aliphatic rings. The van der Waals surface area contributed by atoms with Crippen LogP contribution in [-0.2, 0) is 4.74 Å². The number of aromatic carboxylic acids is 1. The SMILES string of the molecule is CCOC1CC(Nc2ccccc2C(=O)O)C1. The summed E-state index contributed by atoms with van der Waals surface area (Å²) in [5.74, 6) is -0.895. The van der Waals surface area contributed by atoms with Crippen LogP contribution in [0.4, 0.5) is 5.69 Å². The van der Waals surface area contributed by atoms with E-state index in [1.807, 2.05) is 13.0 Å². The second kappa shape index (κ2) is 5.19. The van der Waals surface area contributed by atoms with Crippen LogP contribution in [0.15, 0.2) is 24.3 Å². The first-order chi connectivity index (χ1) is 8.20. The van der Waals surface area contributed by atoms with Crippen LogP contribution in [0.25, 0.3) is 0 Å². The molecule has 1 aromatic carbocycles. The molecule has 0 bridgehead atoms. The van der Waals surface area contributed by atoms with Crippen molar-refractivity contribution in [2.45, 2.75) is 31.9 Å². The van der Waals surface area contributed by atoms with E-state index >= 15 is 0 Å². The molecule has 4 heteroatoms. The predicted molar refractivity (Wildman–Crippen MR) is 65.5 cm³/mol. The molecule has 92 valence electrons. The van der Waals surface area contributed by atoms with E-state index in [1.54, 1.807) is 18.2 Å². The molecule has 0 aromatic heterocycles. The van der Waals surface area contributed by atoms with E-state index in [-0.39, 0.29) is 0 Å². The molecule has 4 nitrogen and oxygen atoms in total. The fourth-order valence-electron chi connectivity index (χ4n) is 2.07. The number of carboxylic acids is 1. The molecule has 1 aromatic rings. The van der Waals surface area contributed by atoms with E-state index in [4.69, 9.17) is 9.84 Å². The second-order valence-corrected chi connectivity index (χ2v) is 4.24. The lowest BCUT2D eigenvalue weighted by Crippen LogP contribution is -2.41. The van der Waals surface area contributed by atoms with Crippen molar-refractivity contribution in [1.82, 2.24) is 0 Å². The lowest BCUT2D eigenvalue weighted by Gasteiger charge is -2.36. The third-order valence-electron chi connectivity index (χ3n) is 3.01. The zero-order valence-corrected chi connectivity index (χ0v) is 9.85. The molecule has 2 rings (SSSR count). The van der Waals surface area contributed by atoms with Crippen LogP contribution in [0.1, 0.15) is 30.1 Å². The van der Waals surface area contributed by atoms with Crippen molar-refractivity contribution >= 4 is 11.7 Å². The van der Waals surface area contributed by atoms with Crippen molar-refractivity contribution in [3.63, 3.8) is 0 Å². The molecule has 0 spiro atoms. The van der Waals surface area contributed by atoms with Crippen molar-refractivity contribution in [1.29, 1.82) is 0 Å². The molecule has 0 atom stereocenters. The lowest BCUT2D eigenvalue weighted by atomic mass is 9.89. The molecule has 1 fully saturated rings. The number of para-hydroxylation sites is 1. The van der Waals surface area contributed by atoms with Gasteiger partial charge in [0.05, 0.1) is 11.7 Å². The molecule has 17 heavy (non-hydrogen) atoms. The van der Waals surface area contributed by atoms with Gasteiger partial charge >= 0.3 is 5.97 Å². The van der Waals surface area contributed by atoms with Gasteiger partial charge in [-0.3, -0.25) is 0 Å². The van der Waals surface area contributed by atoms with E-state index in [0.717, 1.165) is 19.4 Å². The van der Waals surface area contributed by atoms with E-state index < -0.39 is 5.97 Å². The van der Waals surface area contributed by atoms with Crippen molar-refractivity contribution in [2.75, 3.05) is 11.9 Å². The third-order valence-corrected chi connectivity index (χ3v) is 3.01. The van der Waals surface area contributed by atoms with E-state index in [9.17, 15) is 4.79 Å². The Bertz CT molecular complexity index is 399. The van der Waals surface area contributed by atoms with E-state index in [0.29, 0.717) is 23.4 Å². The summed E-state index contributed by atoms with van der Waals surface area (Å²) >= 11 is 0. The first kappa shape index (κ1) is 11.9. The summed E-state index contributed by atoms with van der Waals surface area (Å²) in [7, 11) is 0. The lowest BCUT2D eigenvalue weighted by molar-refractivity contribution is 0.00298. The van der Waals surface area contributed by atoms with Crippen molar-refractivity contribution in [3.8, 4) is 0 Å². The van der Waals surface area contributed by atoms with Gasteiger partial charge in [-0.2, -0.15) is 0 Å². The Hall–Kier alpha value is -1.55. The highest BCUT2D eigenvalue weighted by Crippen LogP contribution is 2.28. The number of benzene rings is 1. The van der Waals surface area contributed by atoms with Crippen LogP contribution >= 0.6 is 0 Å². The summed E-state index contributed by atoms with van der Waals surface area (Å²) in [5, 5.41) is 12.3. The number of hydrogen-bond acceptors (Lipinski definition) is 3. The highest BCUT2D eigenvalue weighted by molar-refractivity contribution is 5.94. The van der Waals surface area contributed by atoms with Crippen LogP contribution in [0.2, 0.25) is 0 Å². The Kier molecular flexibility index (Phi) is 3.64. The van der Waals surface area contributed by atoms with Gasteiger partial charge in [-0.25, -0.2) is 4.79 Å². The van der Waals surface area contributed by atoms with Gasteiger partial charge < -0.3 is 15.2 Å². The molecule has 0 amide bonds. The molecular formula is C13H17NO3. The predicted octanol–water partition coefficient (Wildman–Crippen LogP) is 2.36. The van der Waals surface area contributed by atoms with E-state index in [2.05, 4.69) is 5.32 Å². The van der Waals surface area contributed by atoms with Gasteiger partial charge in [0.15, 0.2) is 0 Å². The Morgan fingerprint density at radius 3 is 2.82 bits per heavy atom. The van der Waals surface area contributed by atoms with E-state index in [1.165, 1.54) is 0 Å². The minimum absolute atomic E-state index is 0.326. The van der Waals surface area contributed by atoms with Gasteiger partial charge in [-0.15, -0.1) is 0 Å². The number of ether oxygens (including phenoxy) is 1. The quantitative estimate of drug-likeness (QED) is 0.822. The average Bonchev–Trinajstić information content (AvgIpc) is 2.26. The molecule has 1 saturated carbocycles. The highest BCUT2D eigenvalue weighted by Gasteiger charge is 2.30. The van der Waals surface area contributed by atoms with Crippen molar-refractivity contribution < 1.29 is 14.6 Å². The van der Waals surface area contributed by atoms with Crippen LogP contribution in [0, 0.1) is 0 Å². The summed E-state index contributed by atoms with van der Waals surface area (Å²) in [6.45, 7) is 2.73. The van der Waals surface area contributed by atoms with Gasteiger partial charge in [-0.1, -0.05) is 12.1 Å². The zero-order valence-electron chi connectivity index (χ0n) is 9.85. The summed E-state index contributed by atoms with van der Waals surface area (Å²) in [4.78, 5) is 11.0. The molecule has 1 aliphatic carbocycles. The standard InChI is InChI=1S/C13H17NO3/c1-2-17-10-7-9(8-10)14-12-6-4-3-5-11(12)13(15)16/h3-6,9-10,14H,2,7-8H2,1H3,(H,15,16). The normalized spacial score (nSPS) is 22.9. The molecule has 0 saturated heterocycles. The van der Waals surface area contributed by atoms with Gasteiger partial charge in [-0.05, 0) is 31.9 Å². The summed E-state index contributed by atoms with van der Waals surface area (Å²) in [6, 6.07) is 7.32. The van der Waals surface area contributed by atoms with Crippen LogP contribution in [0.5, 0.6) is 0 Å². The zero-order chi connectivity index (χ0) is 12.3. The fourth-order valence-corrected chi connectivity index (χ4v) is 2.07. The Morgan fingerprint density at radius 2 is 2.18 bits per heavy atom. The minimum atomic E-state index is -0.895. The fraction of sp³-hybridized carbons (Fsp3) is 0.462. The van der Waals surface area contributed by atoms with Crippen molar-refractivity contribution in [3.05, 3.63) is 29.8 Å². The topological polar surface area (TPSA) is 58.6 Å². The number of nitrogens with one attached hydrogen (secondary N) is 1. The van der Waals surface area contributed by atoms with Gasteiger partial charge in [0.2, 0.25) is 0 Å². The summed E-state index contributed by atoms with van der Waals surface area (Å²) < 4.78 is 5.47. The highest BCUT2D eigenvalue weighted by atomic mass is 16.5. The van der Waals surface area contributed by atoms with Crippen LogP contribution in [-0.4, -0.2) is 29.8 Å². The third kappa shape index (κ3) is 2.77. The van der Waals surface area contributed by atoms with Crippen LogP contribution < -0.4 is 5.32 Å². The Labute approximate surface area is 101 Å². The maximum atomic E-state index is 11.0. The smallest absolute Gasteiger partial charge is 0.337 e. The number of hydrogen-bond donors (Lipinski definition) is 2. The molecule has 0 radical (unpaired) electrons. The molecule has 2 N–H and O–H groups in total. The monoisotopic (exact) mass is 235 g/mol. The summed E-state index contributed by atoms with van der Waals surface area (Å²) in [6.07, 6.45) is 2.22. The van der Waals surface area contributed by atoms with Gasteiger partial charge in [0, 0.05) is 18.3 Å². The maximum Gasteiger partial charge on any atom is 0.337 e. The van der Waals surface area contributed by atoms with Crippen LogP contribution in [0.3, 0.4) is 0 Å². The number of carboxylic acid groups (broad SMARTS) is 1. The second-order valence-electron chi connectivity index (χ2n) is 4.24. The number of rotatable bonds is 5. The number of anilines is 1. The molecule has 0 aliphatic heterocycles. The molecule has 0 heterocycles. The largest absolute Gasteiger partial charge is 0.478 e. The summed E-state index contributed by atoms with van der Waals surface area (Å²) in [5.41, 5.74) is 1.02. The molecular weight excluding hydrogens is 218 g/mol. The van der Waals surface area contributed by atoms with Crippen molar-refractivity contribution in [2.24, 2.45) is 0 Å². The minimum Gasteiger partial charge on any atom is -0.478 e. The first-order valence-electron chi connectivity index (χ1n) is 5.91. The van der Waals surface area contributed by atoms with Gasteiger partial charge in [0.25, 0.3) is 0 Å². The first-order valence-corrected chi connectivity index (χ1v) is 5.91.